The zero-order valence-corrected chi connectivity index (χ0v) is 19.2. The van der Waals surface area contributed by atoms with Gasteiger partial charge in [0.15, 0.2) is 5.88 Å². The lowest BCUT2D eigenvalue weighted by molar-refractivity contribution is -0.127. The lowest BCUT2D eigenvalue weighted by Gasteiger charge is -2.19. The van der Waals surface area contributed by atoms with Crippen molar-refractivity contribution in [1.29, 1.82) is 0 Å². The Morgan fingerprint density at radius 2 is 1.65 bits per heavy atom. The molecule has 0 aromatic heterocycles. The molecule has 0 heterocycles. The molecule has 31 heavy (non-hydrogen) atoms. The molecule has 0 spiro atoms. The van der Waals surface area contributed by atoms with Crippen LogP contribution in [-0.2, 0) is 14.3 Å². The first kappa shape index (κ1) is 27.2. The predicted octanol–water partition coefficient (Wildman–Crippen LogP) is 2.88. The minimum Gasteiger partial charge on any atom is -0.472 e. The fourth-order valence-corrected chi connectivity index (χ4v) is 3.41. The third kappa shape index (κ3) is 15.6. The molecule has 2 atom stereocenters. The Hall–Kier alpha value is -1.83. The second-order valence-electron chi connectivity index (χ2n) is 7.91. The molecule has 0 fully saturated rings. The summed E-state index contributed by atoms with van der Waals surface area (Å²) in [7, 11) is 0. The Morgan fingerprint density at radius 1 is 0.903 bits per heavy atom. The summed E-state index contributed by atoms with van der Waals surface area (Å²) in [6, 6.07) is 0. The number of allylic oxidation sites excluding steroid dienone is 3. The van der Waals surface area contributed by atoms with E-state index >= 15 is 0 Å². The van der Waals surface area contributed by atoms with E-state index in [-0.39, 0.29) is 24.7 Å². The van der Waals surface area contributed by atoms with Gasteiger partial charge < -0.3 is 31.6 Å². The Labute approximate surface area is 188 Å². The van der Waals surface area contributed by atoms with Crippen LogP contribution in [0.5, 0.6) is 0 Å². The van der Waals surface area contributed by atoms with Gasteiger partial charge in [0.2, 0.25) is 5.91 Å². The number of amides is 1. The third-order valence-electron chi connectivity index (χ3n) is 5.11. The van der Waals surface area contributed by atoms with Crippen LogP contribution in [0, 0.1) is 0 Å². The van der Waals surface area contributed by atoms with E-state index < -0.39 is 0 Å². The molecule has 178 valence electrons. The number of carbonyl (C=O) groups excluding carboxylic acids is 1. The van der Waals surface area contributed by atoms with E-state index in [4.69, 9.17) is 20.9 Å². The summed E-state index contributed by atoms with van der Waals surface area (Å²) >= 11 is 0. The summed E-state index contributed by atoms with van der Waals surface area (Å²) in [4.78, 5) is 11.3. The number of hydrogen-bond acceptors (Lipinski definition) is 6. The minimum absolute atomic E-state index is 0.0666. The van der Waals surface area contributed by atoms with Crippen molar-refractivity contribution in [3.05, 3.63) is 36.8 Å². The zero-order valence-electron chi connectivity index (χ0n) is 19.2. The molecule has 1 amide bonds. The summed E-state index contributed by atoms with van der Waals surface area (Å²) in [6.07, 6.45) is 20.7. The highest BCUT2D eigenvalue weighted by Gasteiger charge is 2.11. The molecule has 0 unspecified atom stereocenters. The van der Waals surface area contributed by atoms with Gasteiger partial charge in [0.1, 0.15) is 12.7 Å². The van der Waals surface area contributed by atoms with Crippen LogP contribution in [0.3, 0.4) is 0 Å². The second kappa shape index (κ2) is 18.9. The van der Waals surface area contributed by atoms with Crippen molar-refractivity contribution in [1.82, 2.24) is 10.6 Å². The highest BCUT2D eigenvalue weighted by atomic mass is 16.5. The maximum atomic E-state index is 11.3. The van der Waals surface area contributed by atoms with Gasteiger partial charge in [-0.1, -0.05) is 24.6 Å². The lowest BCUT2D eigenvalue weighted by atomic mass is 10.0. The summed E-state index contributed by atoms with van der Waals surface area (Å²) in [5.41, 5.74) is 10.7. The number of nitrogens with one attached hydrogen (secondary N) is 2. The van der Waals surface area contributed by atoms with Crippen molar-refractivity contribution < 1.29 is 14.3 Å². The summed E-state index contributed by atoms with van der Waals surface area (Å²) in [5, 5.41) is 5.74. The van der Waals surface area contributed by atoms with E-state index in [1.165, 1.54) is 25.7 Å². The third-order valence-corrected chi connectivity index (χ3v) is 5.11. The van der Waals surface area contributed by atoms with Crippen molar-refractivity contribution in [3.63, 3.8) is 0 Å². The highest BCUT2D eigenvalue weighted by molar-refractivity contribution is 5.77. The monoisotopic (exact) mass is 436 g/mol. The van der Waals surface area contributed by atoms with Gasteiger partial charge in [-0.2, -0.15) is 0 Å². The molecule has 7 heteroatoms. The topological polar surface area (TPSA) is 112 Å². The van der Waals surface area contributed by atoms with Crippen molar-refractivity contribution in [2.75, 3.05) is 32.8 Å². The fourth-order valence-electron chi connectivity index (χ4n) is 3.41. The number of carbonyl (C=O) groups is 1. The first-order valence-electron chi connectivity index (χ1n) is 11.8. The van der Waals surface area contributed by atoms with E-state index in [2.05, 4.69) is 41.5 Å². The fraction of sp³-hybridized carbons (Fsp3) is 0.708. The average molecular weight is 437 g/mol. The SMILES string of the molecule is C=C(NCCN)O[C@@H]1/C=C/CCCCC1.NCCNC(=O)CO[C@H]1CC/C=C/CCC1. The molecule has 7 nitrogen and oxygen atoms in total. The Kier molecular flexibility index (Phi) is 16.6. The Morgan fingerprint density at radius 3 is 2.45 bits per heavy atom. The van der Waals surface area contributed by atoms with Crippen molar-refractivity contribution >= 4 is 5.91 Å². The summed E-state index contributed by atoms with van der Waals surface area (Å²) in [6.45, 7) is 6.29. The van der Waals surface area contributed by atoms with Crippen LogP contribution in [0.15, 0.2) is 36.8 Å². The smallest absolute Gasteiger partial charge is 0.246 e. The molecule has 0 aromatic rings. The quantitative estimate of drug-likeness (QED) is 0.309. The van der Waals surface area contributed by atoms with Crippen molar-refractivity contribution in [2.24, 2.45) is 11.5 Å². The van der Waals surface area contributed by atoms with Crippen LogP contribution in [0.1, 0.15) is 64.2 Å². The van der Waals surface area contributed by atoms with Crippen LogP contribution >= 0.6 is 0 Å². The molecule has 0 saturated carbocycles. The largest absolute Gasteiger partial charge is 0.472 e. The van der Waals surface area contributed by atoms with Crippen LogP contribution in [-0.4, -0.2) is 50.9 Å². The molecule has 2 rings (SSSR count). The van der Waals surface area contributed by atoms with Gasteiger partial charge in [-0.3, -0.25) is 4.79 Å². The molecular formula is C24H44N4O3. The van der Waals surface area contributed by atoms with E-state index in [1.807, 2.05) is 0 Å². The van der Waals surface area contributed by atoms with Crippen LogP contribution in [0.4, 0.5) is 0 Å². The maximum Gasteiger partial charge on any atom is 0.246 e. The molecule has 0 bridgehead atoms. The van der Waals surface area contributed by atoms with Crippen LogP contribution in [0.25, 0.3) is 0 Å². The van der Waals surface area contributed by atoms with Gasteiger partial charge >= 0.3 is 0 Å². The van der Waals surface area contributed by atoms with Crippen LogP contribution in [0.2, 0.25) is 0 Å². The van der Waals surface area contributed by atoms with E-state index in [0.29, 0.717) is 25.5 Å². The second-order valence-corrected chi connectivity index (χ2v) is 7.91. The molecule has 0 aliphatic heterocycles. The Balaban J connectivity index is 0.000000311. The normalized spacial score (nSPS) is 23.4. The Bertz CT molecular complexity index is 537. The molecule has 0 saturated heterocycles. The van der Waals surface area contributed by atoms with Gasteiger partial charge in [-0.25, -0.2) is 0 Å². The number of ether oxygens (including phenoxy) is 2. The first-order chi connectivity index (χ1) is 15.2. The standard InChI is InChI=1S/C12H22N2O2.C12H22N2O/c13-8-9-14-12(15)10-16-11-6-4-2-1-3-5-7-11;1-11(14-10-9-13)15-12-7-5-3-2-4-6-8-12/h1-2,11H,3-10,13H2,(H,14,15);5,7,12,14H,1-4,6,8-10,13H2/b2-1+;7-5+/t11-;12-/m01/s1. The first-order valence-corrected chi connectivity index (χ1v) is 11.8. The molecule has 0 radical (unpaired) electrons. The average Bonchev–Trinajstić information content (AvgIpc) is 2.72. The highest BCUT2D eigenvalue weighted by Crippen LogP contribution is 2.16. The molecular weight excluding hydrogens is 392 g/mol. The maximum absolute atomic E-state index is 11.3. The predicted molar refractivity (Wildman–Crippen MR) is 127 cm³/mol. The van der Waals surface area contributed by atoms with Gasteiger partial charge in [-0.05, 0) is 70.4 Å². The number of nitrogens with two attached hydrogens (primary N) is 2. The van der Waals surface area contributed by atoms with Gasteiger partial charge in [0.05, 0.1) is 6.10 Å². The van der Waals surface area contributed by atoms with E-state index in [0.717, 1.165) is 45.1 Å². The van der Waals surface area contributed by atoms with Crippen molar-refractivity contribution in [2.45, 2.75) is 76.4 Å². The van der Waals surface area contributed by atoms with Crippen molar-refractivity contribution in [3.8, 4) is 0 Å². The van der Waals surface area contributed by atoms with E-state index in [1.54, 1.807) is 0 Å². The van der Waals surface area contributed by atoms with E-state index in [9.17, 15) is 4.79 Å². The van der Waals surface area contributed by atoms with Crippen LogP contribution < -0.4 is 22.1 Å². The van der Waals surface area contributed by atoms with Gasteiger partial charge in [-0.15, -0.1) is 0 Å². The molecule has 0 aromatic carbocycles. The number of rotatable bonds is 10. The minimum atomic E-state index is -0.0666. The zero-order chi connectivity index (χ0) is 22.6. The van der Waals surface area contributed by atoms with Gasteiger partial charge in [0.25, 0.3) is 0 Å². The van der Waals surface area contributed by atoms with Gasteiger partial charge in [0, 0.05) is 26.2 Å². The number of hydrogen-bond donors (Lipinski definition) is 4. The lowest BCUT2D eigenvalue weighted by Crippen LogP contribution is -2.33. The summed E-state index contributed by atoms with van der Waals surface area (Å²) in [5.74, 6) is 0.568. The molecule has 2 aliphatic rings. The molecule has 6 N–H and O–H groups in total. The molecule has 2 aliphatic carbocycles. The summed E-state index contributed by atoms with van der Waals surface area (Å²) < 4.78 is 11.3.